The fourth-order valence-corrected chi connectivity index (χ4v) is 3.08. The first-order chi connectivity index (χ1) is 15.0. The summed E-state index contributed by atoms with van der Waals surface area (Å²) in [6.07, 6.45) is 1.29. The maximum Gasteiger partial charge on any atom is 0.318 e. The molecule has 0 spiro atoms. The molecule has 1 unspecified atom stereocenters. The molecule has 0 radical (unpaired) electrons. The Morgan fingerprint density at radius 2 is 1.61 bits per heavy atom. The van der Waals surface area contributed by atoms with E-state index in [0.717, 1.165) is 0 Å². The van der Waals surface area contributed by atoms with Gasteiger partial charge in [0.1, 0.15) is 29.3 Å². The van der Waals surface area contributed by atoms with E-state index in [1.165, 1.54) is 26.6 Å². The quantitative estimate of drug-likeness (QED) is 0.505. The van der Waals surface area contributed by atoms with Crippen LogP contribution in [-0.2, 0) is 19.7 Å². The lowest BCUT2D eigenvalue weighted by Gasteiger charge is -2.28. The Morgan fingerprint density at radius 3 is 2.26 bits per heavy atom. The average Bonchev–Trinajstić information content (AvgIpc) is 2.79. The smallest absolute Gasteiger partial charge is 0.318 e. The van der Waals surface area contributed by atoms with Crippen LogP contribution in [-0.4, -0.2) is 36.8 Å². The number of hydrogen-bond acceptors (Lipinski definition) is 8. The normalized spacial score (nSPS) is 12.3. The molecule has 1 heterocycles. The summed E-state index contributed by atoms with van der Waals surface area (Å²) >= 11 is 0. The van der Waals surface area contributed by atoms with Gasteiger partial charge in [0, 0.05) is 12.7 Å². The molecular weight excluding hydrogens is 398 g/mol. The summed E-state index contributed by atoms with van der Waals surface area (Å²) in [6, 6.07) is 17.5. The van der Waals surface area contributed by atoms with Gasteiger partial charge < -0.3 is 18.9 Å². The molecule has 3 aromatic rings. The molecule has 158 valence electrons. The molecule has 0 bridgehead atoms. The SMILES string of the molecule is COCC(C)(C(=O)OC)c1ccccc1Oc1cc(Oc2ccccc2C#N)ncn1. The monoisotopic (exact) mass is 419 g/mol. The number of ether oxygens (including phenoxy) is 4. The molecule has 0 aliphatic heterocycles. The van der Waals surface area contributed by atoms with Gasteiger partial charge >= 0.3 is 5.97 Å². The second-order valence-electron chi connectivity index (χ2n) is 6.76. The highest BCUT2D eigenvalue weighted by molar-refractivity contribution is 5.84. The minimum Gasteiger partial charge on any atom is -0.468 e. The molecule has 1 atom stereocenters. The van der Waals surface area contributed by atoms with Crippen LogP contribution in [0, 0.1) is 11.3 Å². The van der Waals surface area contributed by atoms with Crippen LogP contribution >= 0.6 is 0 Å². The zero-order chi connectivity index (χ0) is 22.3. The summed E-state index contributed by atoms with van der Waals surface area (Å²) < 4.78 is 22.0. The van der Waals surface area contributed by atoms with E-state index in [1.807, 2.05) is 0 Å². The van der Waals surface area contributed by atoms with Crippen LogP contribution in [0.5, 0.6) is 23.3 Å². The molecule has 1 aromatic heterocycles. The zero-order valence-electron chi connectivity index (χ0n) is 17.4. The topological polar surface area (TPSA) is 104 Å². The van der Waals surface area contributed by atoms with Gasteiger partial charge in [0.2, 0.25) is 11.8 Å². The predicted octanol–water partition coefficient (Wildman–Crippen LogP) is 4.01. The van der Waals surface area contributed by atoms with Crippen molar-refractivity contribution >= 4 is 5.97 Å². The first-order valence-electron chi connectivity index (χ1n) is 9.35. The van der Waals surface area contributed by atoms with Crippen LogP contribution < -0.4 is 9.47 Å². The molecule has 0 saturated carbocycles. The van der Waals surface area contributed by atoms with Gasteiger partial charge in [-0.05, 0) is 25.1 Å². The summed E-state index contributed by atoms with van der Waals surface area (Å²) in [6.45, 7) is 1.82. The second kappa shape index (κ2) is 9.69. The lowest BCUT2D eigenvalue weighted by Crippen LogP contribution is -2.38. The number of benzene rings is 2. The van der Waals surface area contributed by atoms with Crippen molar-refractivity contribution in [3.05, 3.63) is 72.1 Å². The van der Waals surface area contributed by atoms with E-state index >= 15 is 0 Å². The predicted molar refractivity (Wildman–Crippen MR) is 111 cm³/mol. The zero-order valence-corrected chi connectivity index (χ0v) is 17.4. The number of carbonyl (C=O) groups excluding carboxylic acids is 1. The van der Waals surface area contributed by atoms with E-state index < -0.39 is 11.4 Å². The largest absolute Gasteiger partial charge is 0.468 e. The summed E-state index contributed by atoms with van der Waals surface area (Å²) in [4.78, 5) is 20.7. The minimum atomic E-state index is -1.09. The number of hydrogen-bond donors (Lipinski definition) is 0. The van der Waals surface area contributed by atoms with Gasteiger partial charge in [-0.3, -0.25) is 4.79 Å². The lowest BCUT2D eigenvalue weighted by atomic mass is 9.82. The van der Waals surface area contributed by atoms with Crippen molar-refractivity contribution in [3.63, 3.8) is 0 Å². The van der Waals surface area contributed by atoms with E-state index in [4.69, 9.17) is 18.9 Å². The van der Waals surface area contributed by atoms with Crippen LogP contribution in [0.1, 0.15) is 18.1 Å². The van der Waals surface area contributed by atoms with Crippen molar-refractivity contribution in [2.24, 2.45) is 0 Å². The van der Waals surface area contributed by atoms with Crippen molar-refractivity contribution in [2.75, 3.05) is 20.8 Å². The number of methoxy groups -OCH3 is 2. The molecule has 31 heavy (non-hydrogen) atoms. The molecule has 8 heteroatoms. The van der Waals surface area contributed by atoms with Gasteiger partial charge in [0.05, 0.1) is 25.3 Å². The summed E-state index contributed by atoms with van der Waals surface area (Å²) in [5.74, 6) is 0.738. The van der Waals surface area contributed by atoms with Crippen molar-refractivity contribution in [3.8, 4) is 29.3 Å². The Hall–Kier alpha value is -3.96. The molecule has 0 N–H and O–H groups in total. The first kappa shape index (κ1) is 21.7. The maximum atomic E-state index is 12.5. The van der Waals surface area contributed by atoms with Crippen molar-refractivity contribution in [1.29, 1.82) is 5.26 Å². The van der Waals surface area contributed by atoms with Crippen molar-refractivity contribution in [1.82, 2.24) is 9.97 Å². The Morgan fingerprint density at radius 1 is 1.00 bits per heavy atom. The van der Waals surface area contributed by atoms with E-state index in [1.54, 1.807) is 55.5 Å². The highest BCUT2D eigenvalue weighted by atomic mass is 16.5. The van der Waals surface area contributed by atoms with Gasteiger partial charge in [-0.15, -0.1) is 0 Å². The number of nitrogens with zero attached hydrogens (tertiary/aromatic N) is 3. The molecule has 0 saturated heterocycles. The van der Waals surface area contributed by atoms with E-state index in [0.29, 0.717) is 22.6 Å². The van der Waals surface area contributed by atoms with Crippen LogP contribution in [0.4, 0.5) is 0 Å². The Bertz CT molecular complexity index is 1110. The van der Waals surface area contributed by atoms with Crippen LogP contribution in [0.2, 0.25) is 0 Å². The number of carbonyl (C=O) groups is 1. The minimum absolute atomic E-state index is 0.100. The fraction of sp³-hybridized carbons (Fsp3) is 0.217. The van der Waals surface area contributed by atoms with Gasteiger partial charge in [0.15, 0.2) is 0 Å². The third kappa shape index (κ3) is 4.79. The number of nitriles is 1. The van der Waals surface area contributed by atoms with Gasteiger partial charge in [0.25, 0.3) is 0 Å². The summed E-state index contributed by atoms with van der Waals surface area (Å²) in [5, 5.41) is 9.23. The van der Waals surface area contributed by atoms with Gasteiger partial charge in [-0.1, -0.05) is 30.3 Å². The third-order valence-electron chi connectivity index (χ3n) is 4.60. The second-order valence-corrected chi connectivity index (χ2v) is 6.76. The number of para-hydroxylation sites is 2. The fourth-order valence-electron chi connectivity index (χ4n) is 3.08. The summed E-state index contributed by atoms with van der Waals surface area (Å²) in [7, 11) is 2.84. The van der Waals surface area contributed by atoms with Crippen molar-refractivity contribution in [2.45, 2.75) is 12.3 Å². The maximum absolute atomic E-state index is 12.5. The molecule has 3 rings (SSSR count). The van der Waals surface area contributed by atoms with E-state index in [2.05, 4.69) is 16.0 Å². The number of esters is 1. The standard InChI is InChI=1S/C23H21N3O5/c1-23(14-28-2,22(27)29-3)17-9-5-7-11-19(17)31-21-12-20(25-15-26-21)30-18-10-6-4-8-16(18)13-24/h4-12,15H,14H2,1-3H3. The molecular formula is C23H21N3O5. The van der Waals surface area contributed by atoms with Crippen molar-refractivity contribution < 1.29 is 23.7 Å². The Labute approximate surface area is 180 Å². The van der Waals surface area contributed by atoms with Gasteiger partial charge in [-0.2, -0.15) is 5.26 Å². The Kier molecular flexibility index (Phi) is 6.80. The highest BCUT2D eigenvalue weighted by Gasteiger charge is 2.39. The third-order valence-corrected chi connectivity index (χ3v) is 4.60. The molecule has 0 fully saturated rings. The molecule has 0 amide bonds. The Balaban J connectivity index is 1.92. The molecule has 0 aliphatic carbocycles. The lowest BCUT2D eigenvalue weighted by molar-refractivity contribution is -0.149. The summed E-state index contributed by atoms with van der Waals surface area (Å²) in [5.41, 5.74) is -0.125. The molecule has 0 aliphatic rings. The van der Waals surface area contributed by atoms with Gasteiger partial charge in [-0.25, -0.2) is 9.97 Å². The molecule has 8 nitrogen and oxygen atoms in total. The van der Waals surface area contributed by atoms with Crippen LogP contribution in [0.15, 0.2) is 60.9 Å². The van der Waals surface area contributed by atoms with E-state index in [-0.39, 0.29) is 18.4 Å². The average molecular weight is 419 g/mol. The van der Waals surface area contributed by atoms with E-state index in [9.17, 15) is 10.1 Å². The number of aromatic nitrogens is 2. The number of rotatable bonds is 8. The van der Waals surface area contributed by atoms with Crippen LogP contribution in [0.3, 0.4) is 0 Å². The molecule has 2 aromatic carbocycles. The van der Waals surface area contributed by atoms with Crippen LogP contribution in [0.25, 0.3) is 0 Å². The highest BCUT2D eigenvalue weighted by Crippen LogP contribution is 2.36. The first-order valence-corrected chi connectivity index (χ1v) is 9.35.